The van der Waals surface area contributed by atoms with Gasteiger partial charge < -0.3 is 10.4 Å². The molecular formula is C12H17NO3S. The molecule has 1 aromatic carbocycles. The first-order valence-electron chi connectivity index (χ1n) is 5.79. The van der Waals surface area contributed by atoms with Crippen LogP contribution in [0.15, 0.2) is 35.2 Å². The summed E-state index contributed by atoms with van der Waals surface area (Å²) in [6.45, 7) is 0.854. The third kappa shape index (κ3) is 3.06. The highest BCUT2D eigenvalue weighted by Crippen LogP contribution is 2.16. The number of hydrogen-bond acceptors (Lipinski definition) is 4. The van der Waals surface area contributed by atoms with Gasteiger partial charge in [0.25, 0.3) is 0 Å². The number of rotatable bonds is 4. The first kappa shape index (κ1) is 12.5. The molecule has 4 nitrogen and oxygen atoms in total. The van der Waals surface area contributed by atoms with Crippen molar-refractivity contribution in [1.82, 2.24) is 5.32 Å². The van der Waals surface area contributed by atoms with E-state index in [4.69, 9.17) is 0 Å². The van der Waals surface area contributed by atoms with Crippen LogP contribution in [-0.4, -0.2) is 38.0 Å². The van der Waals surface area contributed by atoms with Crippen LogP contribution in [0.5, 0.6) is 0 Å². The summed E-state index contributed by atoms with van der Waals surface area (Å²) in [5.41, 5.74) is 0. The van der Waals surface area contributed by atoms with Gasteiger partial charge in [-0.25, -0.2) is 8.42 Å². The van der Waals surface area contributed by atoms with Crippen molar-refractivity contribution in [1.29, 1.82) is 0 Å². The van der Waals surface area contributed by atoms with Crippen LogP contribution in [0, 0.1) is 0 Å². The molecular weight excluding hydrogens is 238 g/mol. The third-order valence-corrected chi connectivity index (χ3v) is 4.83. The minimum atomic E-state index is -3.39. The lowest BCUT2D eigenvalue weighted by atomic mass is 10.1. The summed E-state index contributed by atoms with van der Waals surface area (Å²) in [6.07, 6.45) is 1.00. The summed E-state index contributed by atoms with van der Waals surface area (Å²) in [6, 6.07) is 8.18. The largest absolute Gasteiger partial charge is 0.390 e. The Morgan fingerprint density at radius 2 is 2.06 bits per heavy atom. The molecule has 2 atom stereocenters. The van der Waals surface area contributed by atoms with Gasteiger partial charge in [-0.2, -0.15) is 0 Å². The van der Waals surface area contributed by atoms with Crippen LogP contribution in [0.3, 0.4) is 0 Å². The van der Waals surface area contributed by atoms with Crippen molar-refractivity contribution in [3.8, 4) is 0 Å². The Bertz CT molecular complexity index is 452. The van der Waals surface area contributed by atoms with Crippen LogP contribution < -0.4 is 5.32 Å². The van der Waals surface area contributed by atoms with Gasteiger partial charge in [0.15, 0.2) is 9.84 Å². The first-order valence-corrected chi connectivity index (χ1v) is 7.44. The Hall–Kier alpha value is -0.910. The molecule has 1 heterocycles. The van der Waals surface area contributed by atoms with Gasteiger partial charge in [0, 0.05) is 6.04 Å². The molecule has 1 aliphatic rings. The molecule has 1 fully saturated rings. The van der Waals surface area contributed by atoms with Crippen LogP contribution in [0.2, 0.25) is 0 Å². The monoisotopic (exact) mass is 255 g/mol. The van der Waals surface area contributed by atoms with E-state index in [-0.39, 0.29) is 16.7 Å². The summed E-state index contributed by atoms with van der Waals surface area (Å²) in [4.78, 5) is 0.275. The van der Waals surface area contributed by atoms with Crippen LogP contribution in [0.25, 0.3) is 0 Å². The molecule has 17 heavy (non-hydrogen) atoms. The lowest BCUT2D eigenvalue weighted by Crippen LogP contribution is -2.39. The highest BCUT2D eigenvalue weighted by Gasteiger charge is 2.28. The predicted molar refractivity (Wildman–Crippen MR) is 65.5 cm³/mol. The molecule has 1 aliphatic heterocycles. The summed E-state index contributed by atoms with van der Waals surface area (Å²) in [5.74, 6) is -0.214. The van der Waals surface area contributed by atoms with Gasteiger partial charge in [0.1, 0.15) is 0 Å². The summed E-state index contributed by atoms with van der Waals surface area (Å²) >= 11 is 0. The second-order valence-corrected chi connectivity index (χ2v) is 6.40. The van der Waals surface area contributed by atoms with E-state index in [1.807, 2.05) is 0 Å². The molecule has 0 spiro atoms. The molecule has 0 unspecified atom stereocenters. The zero-order chi connectivity index (χ0) is 12.3. The first-order chi connectivity index (χ1) is 8.09. The summed E-state index contributed by atoms with van der Waals surface area (Å²) in [7, 11) is -3.39. The van der Waals surface area contributed by atoms with E-state index in [2.05, 4.69) is 5.32 Å². The highest BCUT2D eigenvalue weighted by atomic mass is 32.2. The van der Waals surface area contributed by atoms with Crippen molar-refractivity contribution >= 4 is 9.84 Å². The van der Waals surface area contributed by atoms with Gasteiger partial charge in [-0.1, -0.05) is 18.2 Å². The normalized spacial score (nSPS) is 22.5. The molecule has 0 saturated carbocycles. The molecule has 2 rings (SSSR count). The fourth-order valence-electron chi connectivity index (χ4n) is 2.10. The third-order valence-electron chi connectivity index (χ3n) is 3.06. The van der Waals surface area contributed by atoms with E-state index in [0.717, 1.165) is 19.4 Å². The molecule has 0 amide bonds. The molecule has 1 saturated heterocycles. The van der Waals surface area contributed by atoms with E-state index < -0.39 is 15.9 Å². The van der Waals surface area contributed by atoms with Crippen LogP contribution in [0.4, 0.5) is 0 Å². The Morgan fingerprint density at radius 1 is 1.35 bits per heavy atom. The molecule has 0 aromatic heterocycles. The van der Waals surface area contributed by atoms with E-state index in [1.54, 1.807) is 30.3 Å². The van der Waals surface area contributed by atoms with Gasteiger partial charge in [-0.05, 0) is 31.5 Å². The van der Waals surface area contributed by atoms with Crippen molar-refractivity contribution in [2.75, 3.05) is 12.3 Å². The minimum absolute atomic E-state index is 0.0894. The smallest absolute Gasteiger partial charge is 0.180 e. The zero-order valence-electron chi connectivity index (χ0n) is 9.54. The van der Waals surface area contributed by atoms with Crippen LogP contribution in [-0.2, 0) is 9.84 Å². The molecule has 2 N–H and O–H groups in total. The lowest BCUT2D eigenvalue weighted by Gasteiger charge is -2.18. The predicted octanol–water partition coefficient (Wildman–Crippen LogP) is 0.573. The second kappa shape index (κ2) is 5.16. The maximum Gasteiger partial charge on any atom is 0.180 e. The van der Waals surface area contributed by atoms with Gasteiger partial charge in [0.05, 0.1) is 16.8 Å². The number of benzene rings is 1. The van der Waals surface area contributed by atoms with E-state index >= 15 is 0 Å². The van der Waals surface area contributed by atoms with Gasteiger partial charge in [-0.15, -0.1) is 0 Å². The topological polar surface area (TPSA) is 66.4 Å². The zero-order valence-corrected chi connectivity index (χ0v) is 10.4. The van der Waals surface area contributed by atoms with Crippen LogP contribution in [0.1, 0.15) is 12.8 Å². The standard InChI is InChI=1S/C12H17NO3S/c14-12(11-7-4-8-13-11)9-17(15,16)10-5-2-1-3-6-10/h1-3,5-6,11-14H,4,7-9H2/t11-,12-/m1/s1. The lowest BCUT2D eigenvalue weighted by molar-refractivity contribution is 0.157. The quantitative estimate of drug-likeness (QED) is 0.825. The summed E-state index contributed by atoms with van der Waals surface area (Å²) < 4.78 is 24.0. The van der Waals surface area contributed by atoms with Gasteiger partial charge in [-0.3, -0.25) is 0 Å². The van der Waals surface area contributed by atoms with Gasteiger partial charge >= 0.3 is 0 Å². The number of nitrogens with one attached hydrogen (secondary N) is 1. The molecule has 94 valence electrons. The second-order valence-electron chi connectivity index (χ2n) is 4.36. The van der Waals surface area contributed by atoms with Gasteiger partial charge in [0.2, 0.25) is 0 Å². The Labute approximate surface area is 102 Å². The van der Waals surface area contributed by atoms with Crippen LogP contribution >= 0.6 is 0 Å². The molecule has 0 bridgehead atoms. The van der Waals surface area contributed by atoms with Crippen molar-refractivity contribution in [3.05, 3.63) is 30.3 Å². The van der Waals surface area contributed by atoms with E-state index in [0.29, 0.717) is 0 Å². The Morgan fingerprint density at radius 3 is 2.65 bits per heavy atom. The molecule has 1 aromatic rings. The average molecular weight is 255 g/mol. The van der Waals surface area contributed by atoms with E-state index in [9.17, 15) is 13.5 Å². The number of aliphatic hydroxyl groups excluding tert-OH is 1. The Kier molecular flexibility index (Phi) is 3.81. The number of sulfone groups is 1. The fourth-order valence-corrected chi connectivity index (χ4v) is 3.55. The summed E-state index contributed by atoms with van der Waals surface area (Å²) in [5, 5.41) is 13.0. The minimum Gasteiger partial charge on any atom is -0.390 e. The number of aliphatic hydroxyl groups is 1. The maximum atomic E-state index is 12.0. The van der Waals surface area contributed by atoms with Crippen molar-refractivity contribution < 1.29 is 13.5 Å². The fraction of sp³-hybridized carbons (Fsp3) is 0.500. The van der Waals surface area contributed by atoms with Crippen molar-refractivity contribution in [3.63, 3.8) is 0 Å². The Balaban J connectivity index is 2.07. The average Bonchev–Trinajstić information content (AvgIpc) is 2.83. The number of hydrogen-bond donors (Lipinski definition) is 2. The molecule has 0 radical (unpaired) electrons. The highest BCUT2D eigenvalue weighted by molar-refractivity contribution is 7.91. The SMILES string of the molecule is O=S(=O)(C[C@@H](O)[C@H]1CCCN1)c1ccccc1. The van der Waals surface area contributed by atoms with Crippen molar-refractivity contribution in [2.24, 2.45) is 0 Å². The molecule has 0 aliphatic carbocycles. The molecule has 5 heteroatoms. The maximum absolute atomic E-state index is 12.0. The van der Waals surface area contributed by atoms with Crippen molar-refractivity contribution in [2.45, 2.75) is 29.9 Å². The van der Waals surface area contributed by atoms with E-state index in [1.165, 1.54) is 0 Å².